The van der Waals surface area contributed by atoms with Crippen molar-refractivity contribution in [3.63, 3.8) is 0 Å². The monoisotopic (exact) mass is 277 g/mol. The average molecular weight is 277 g/mol. The Kier molecular flexibility index (Phi) is 6.56. The number of carbonyl (C=O) groups is 1. The van der Waals surface area contributed by atoms with E-state index in [0.717, 1.165) is 36.9 Å². The number of hydrogen-bond donors (Lipinski definition) is 1. The van der Waals surface area contributed by atoms with Crippen molar-refractivity contribution in [3.8, 4) is 5.75 Å². The molecule has 0 saturated heterocycles. The largest absolute Gasteiger partial charge is 0.508 e. The average Bonchev–Trinajstić information content (AvgIpc) is 2.43. The summed E-state index contributed by atoms with van der Waals surface area (Å²) in [7, 11) is 0. The fraction of sp³-hybridized carbons (Fsp3) is 0.588. The Labute approximate surface area is 122 Å². The lowest BCUT2D eigenvalue weighted by atomic mass is 9.96. The Morgan fingerprint density at radius 3 is 2.30 bits per heavy atom. The van der Waals surface area contributed by atoms with Crippen molar-refractivity contribution in [1.29, 1.82) is 0 Å². The number of aromatic hydroxyl groups is 1. The molecule has 3 heteroatoms. The van der Waals surface area contributed by atoms with E-state index in [9.17, 15) is 9.90 Å². The zero-order chi connectivity index (χ0) is 15.1. The number of rotatable bonds is 7. The molecule has 1 aromatic carbocycles. The van der Waals surface area contributed by atoms with Crippen LogP contribution in [0.1, 0.15) is 52.0 Å². The molecule has 112 valence electrons. The van der Waals surface area contributed by atoms with Crippen molar-refractivity contribution in [1.82, 2.24) is 0 Å². The molecule has 0 heterocycles. The van der Waals surface area contributed by atoms with E-state index in [1.807, 2.05) is 24.8 Å². The third-order valence-electron chi connectivity index (χ3n) is 3.69. The summed E-state index contributed by atoms with van der Waals surface area (Å²) in [4.78, 5) is 14.6. The lowest BCUT2D eigenvalue weighted by molar-refractivity contribution is -0.122. The van der Waals surface area contributed by atoms with Crippen LogP contribution in [0, 0.1) is 12.8 Å². The highest BCUT2D eigenvalue weighted by Crippen LogP contribution is 2.28. The highest BCUT2D eigenvalue weighted by molar-refractivity contribution is 5.95. The van der Waals surface area contributed by atoms with Gasteiger partial charge in [-0.1, -0.05) is 32.8 Å². The summed E-state index contributed by atoms with van der Waals surface area (Å²) in [5.74, 6) is 0.482. The quantitative estimate of drug-likeness (QED) is 0.808. The van der Waals surface area contributed by atoms with Gasteiger partial charge in [-0.15, -0.1) is 0 Å². The summed E-state index contributed by atoms with van der Waals surface area (Å²) in [6.45, 7) is 8.82. The molecular formula is C17H27NO2. The predicted molar refractivity (Wildman–Crippen MR) is 84.2 cm³/mol. The maximum Gasteiger partial charge on any atom is 0.230 e. The molecule has 0 radical (unpaired) electrons. The Morgan fingerprint density at radius 1 is 1.20 bits per heavy atom. The van der Waals surface area contributed by atoms with Crippen LogP contribution in [0.15, 0.2) is 18.2 Å². The highest BCUT2D eigenvalue weighted by Gasteiger charge is 2.24. The molecule has 0 spiro atoms. The first-order chi connectivity index (χ1) is 9.54. The fourth-order valence-electron chi connectivity index (χ4n) is 2.64. The van der Waals surface area contributed by atoms with E-state index in [4.69, 9.17) is 0 Å². The molecule has 0 aliphatic rings. The second-order valence-corrected chi connectivity index (χ2v) is 5.33. The Morgan fingerprint density at radius 2 is 1.80 bits per heavy atom. The van der Waals surface area contributed by atoms with Gasteiger partial charge in [0.25, 0.3) is 0 Å². The van der Waals surface area contributed by atoms with Crippen LogP contribution in [0.3, 0.4) is 0 Å². The number of nitrogens with zero attached hydrogens (tertiary/aromatic N) is 1. The van der Waals surface area contributed by atoms with Crippen molar-refractivity contribution >= 4 is 11.6 Å². The summed E-state index contributed by atoms with van der Waals surface area (Å²) >= 11 is 0. The van der Waals surface area contributed by atoms with Crippen molar-refractivity contribution in [3.05, 3.63) is 23.8 Å². The zero-order valence-corrected chi connectivity index (χ0v) is 13.1. The first-order valence-corrected chi connectivity index (χ1v) is 7.66. The summed E-state index contributed by atoms with van der Waals surface area (Å²) in [5, 5.41) is 9.67. The number of hydrogen-bond acceptors (Lipinski definition) is 2. The van der Waals surface area contributed by atoms with Gasteiger partial charge in [0.1, 0.15) is 5.75 Å². The van der Waals surface area contributed by atoms with Crippen molar-refractivity contribution < 1.29 is 9.90 Å². The maximum absolute atomic E-state index is 12.8. The van der Waals surface area contributed by atoms with Gasteiger partial charge < -0.3 is 10.0 Å². The normalized spacial score (nSPS) is 10.8. The minimum absolute atomic E-state index is 0.0895. The molecule has 0 saturated carbocycles. The number of phenols is 1. The molecule has 0 fully saturated rings. The molecule has 0 atom stereocenters. The minimum Gasteiger partial charge on any atom is -0.508 e. The van der Waals surface area contributed by atoms with Gasteiger partial charge in [0.05, 0.1) is 5.69 Å². The Bertz CT molecular complexity index is 437. The predicted octanol–water partition coefficient (Wildman–Crippen LogP) is 4.27. The molecule has 0 aliphatic carbocycles. The van der Waals surface area contributed by atoms with E-state index in [1.165, 1.54) is 0 Å². The van der Waals surface area contributed by atoms with Gasteiger partial charge in [0, 0.05) is 18.5 Å². The summed E-state index contributed by atoms with van der Waals surface area (Å²) < 4.78 is 0. The molecule has 0 unspecified atom stereocenters. The second kappa shape index (κ2) is 7.93. The first-order valence-electron chi connectivity index (χ1n) is 7.66. The molecule has 20 heavy (non-hydrogen) atoms. The standard InChI is InChI=1S/C17H27NO2/c1-5-8-14(9-6-2)17(20)18(7-3)16-12-15(19)11-10-13(16)4/h10-12,14,19H,5-9H2,1-4H3. The summed E-state index contributed by atoms with van der Waals surface area (Å²) in [6, 6.07) is 5.20. The smallest absolute Gasteiger partial charge is 0.230 e. The SMILES string of the molecule is CCCC(CCC)C(=O)N(CC)c1cc(O)ccc1C. The molecular weight excluding hydrogens is 250 g/mol. The Balaban J connectivity index is 3.04. The number of carbonyl (C=O) groups excluding carboxylic acids is 1. The molecule has 1 N–H and O–H groups in total. The first kappa shape index (κ1) is 16.5. The van der Waals surface area contributed by atoms with Gasteiger partial charge in [-0.25, -0.2) is 0 Å². The number of benzene rings is 1. The van der Waals surface area contributed by atoms with E-state index < -0.39 is 0 Å². The molecule has 1 amide bonds. The minimum atomic E-state index is 0.0895. The number of phenolic OH excluding ortho intramolecular Hbond substituents is 1. The van der Waals surface area contributed by atoms with Crippen LogP contribution in [0.5, 0.6) is 5.75 Å². The van der Waals surface area contributed by atoms with Gasteiger partial charge >= 0.3 is 0 Å². The van der Waals surface area contributed by atoms with Gasteiger partial charge in [0.15, 0.2) is 0 Å². The van der Waals surface area contributed by atoms with Crippen LogP contribution in [0.4, 0.5) is 5.69 Å². The van der Waals surface area contributed by atoms with Crippen LogP contribution in [-0.4, -0.2) is 17.6 Å². The highest BCUT2D eigenvalue weighted by atomic mass is 16.3. The number of amides is 1. The van der Waals surface area contributed by atoms with E-state index in [-0.39, 0.29) is 17.6 Å². The van der Waals surface area contributed by atoms with Crippen molar-refractivity contribution in [2.75, 3.05) is 11.4 Å². The molecule has 0 aliphatic heterocycles. The van der Waals surface area contributed by atoms with E-state index in [2.05, 4.69) is 13.8 Å². The molecule has 1 aromatic rings. The van der Waals surface area contributed by atoms with E-state index in [0.29, 0.717) is 6.54 Å². The topological polar surface area (TPSA) is 40.5 Å². The van der Waals surface area contributed by atoms with Gasteiger partial charge in [-0.05, 0) is 38.3 Å². The second-order valence-electron chi connectivity index (χ2n) is 5.33. The van der Waals surface area contributed by atoms with Gasteiger partial charge in [-0.2, -0.15) is 0 Å². The van der Waals surface area contributed by atoms with Crippen LogP contribution >= 0.6 is 0 Å². The van der Waals surface area contributed by atoms with Gasteiger partial charge in [0.2, 0.25) is 5.91 Å². The van der Waals surface area contributed by atoms with E-state index >= 15 is 0 Å². The molecule has 3 nitrogen and oxygen atoms in total. The van der Waals surface area contributed by atoms with Crippen LogP contribution in [0.2, 0.25) is 0 Å². The lowest BCUT2D eigenvalue weighted by Gasteiger charge is -2.27. The van der Waals surface area contributed by atoms with E-state index in [1.54, 1.807) is 12.1 Å². The molecule has 1 rings (SSSR count). The Hall–Kier alpha value is -1.51. The third-order valence-corrected chi connectivity index (χ3v) is 3.69. The van der Waals surface area contributed by atoms with Crippen LogP contribution in [-0.2, 0) is 4.79 Å². The third kappa shape index (κ3) is 3.99. The summed E-state index contributed by atoms with van der Waals surface area (Å²) in [5.41, 5.74) is 1.85. The maximum atomic E-state index is 12.8. The zero-order valence-electron chi connectivity index (χ0n) is 13.1. The van der Waals surface area contributed by atoms with Gasteiger partial charge in [-0.3, -0.25) is 4.79 Å². The molecule has 0 bridgehead atoms. The van der Waals surface area contributed by atoms with Crippen molar-refractivity contribution in [2.45, 2.75) is 53.4 Å². The lowest BCUT2D eigenvalue weighted by Crippen LogP contribution is -2.36. The fourth-order valence-corrected chi connectivity index (χ4v) is 2.64. The van der Waals surface area contributed by atoms with Crippen LogP contribution in [0.25, 0.3) is 0 Å². The number of aryl methyl sites for hydroxylation is 1. The van der Waals surface area contributed by atoms with Crippen LogP contribution < -0.4 is 4.90 Å². The number of anilines is 1. The molecule has 0 aromatic heterocycles. The van der Waals surface area contributed by atoms with Crippen molar-refractivity contribution in [2.24, 2.45) is 5.92 Å². The summed E-state index contributed by atoms with van der Waals surface area (Å²) in [6.07, 6.45) is 3.90.